The Morgan fingerprint density at radius 2 is 1.50 bits per heavy atom. The van der Waals surface area contributed by atoms with Gasteiger partial charge in [0.05, 0.1) is 0 Å². The average Bonchev–Trinajstić information content (AvgIpc) is 2.69. The van der Waals surface area contributed by atoms with Crippen molar-refractivity contribution in [1.82, 2.24) is 10.2 Å². The highest BCUT2D eigenvalue weighted by Crippen LogP contribution is 2.38. The van der Waals surface area contributed by atoms with Gasteiger partial charge in [0, 0.05) is 31.2 Å². The molecule has 1 spiro atoms. The van der Waals surface area contributed by atoms with Crippen molar-refractivity contribution in [3.63, 3.8) is 0 Å². The van der Waals surface area contributed by atoms with E-state index < -0.39 is 0 Å². The van der Waals surface area contributed by atoms with Gasteiger partial charge in [-0.2, -0.15) is 0 Å². The molecule has 18 heavy (non-hydrogen) atoms. The molecular formula is C16H30N2. The van der Waals surface area contributed by atoms with E-state index in [-0.39, 0.29) is 0 Å². The molecule has 0 aromatic rings. The quantitative estimate of drug-likeness (QED) is 0.718. The lowest BCUT2D eigenvalue weighted by molar-refractivity contribution is -0.0120. The van der Waals surface area contributed by atoms with Crippen LogP contribution >= 0.6 is 0 Å². The third-order valence-electron chi connectivity index (χ3n) is 5.64. The zero-order valence-corrected chi connectivity index (χ0v) is 11.9. The van der Waals surface area contributed by atoms with E-state index in [9.17, 15) is 0 Å². The van der Waals surface area contributed by atoms with Crippen molar-refractivity contribution >= 4 is 0 Å². The van der Waals surface area contributed by atoms with E-state index >= 15 is 0 Å². The van der Waals surface area contributed by atoms with Crippen LogP contribution in [0.3, 0.4) is 0 Å². The third kappa shape index (κ3) is 2.60. The van der Waals surface area contributed by atoms with Gasteiger partial charge in [-0.25, -0.2) is 0 Å². The van der Waals surface area contributed by atoms with Crippen LogP contribution in [0, 0.1) is 0 Å². The molecular weight excluding hydrogens is 220 g/mol. The van der Waals surface area contributed by atoms with Crippen LogP contribution in [-0.2, 0) is 0 Å². The zero-order chi connectivity index (χ0) is 12.3. The number of piperazine rings is 1. The molecule has 3 aliphatic rings. The lowest BCUT2D eigenvalue weighted by Gasteiger charge is -2.53. The van der Waals surface area contributed by atoms with Crippen LogP contribution in [0.25, 0.3) is 0 Å². The number of hydrogen-bond acceptors (Lipinski definition) is 2. The van der Waals surface area contributed by atoms with Crippen molar-refractivity contribution in [1.29, 1.82) is 0 Å². The van der Waals surface area contributed by atoms with E-state index in [1.165, 1.54) is 90.3 Å². The molecule has 1 aliphatic heterocycles. The molecule has 104 valence electrons. The summed E-state index contributed by atoms with van der Waals surface area (Å²) in [5.41, 5.74) is 0.547. The minimum Gasteiger partial charge on any atom is -0.314 e. The SMILES string of the molecule is C1CCCC(N2CCNCC23CCCCC3)CC1. The Bertz CT molecular complexity index is 242. The van der Waals surface area contributed by atoms with Crippen LogP contribution in [0.4, 0.5) is 0 Å². The molecule has 2 heteroatoms. The Hall–Kier alpha value is -0.0800. The van der Waals surface area contributed by atoms with Gasteiger partial charge in [-0.15, -0.1) is 0 Å². The number of nitrogens with zero attached hydrogens (tertiary/aromatic N) is 1. The van der Waals surface area contributed by atoms with Crippen molar-refractivity contribution in [2.75, 3.05) is 19.6 Å². The summed E-state index contributed by atoms with van der Waals surface area (Å²) in [6.45, 7) is 3.80. The largest absolute Gasteiger partial charge is 0.314 e. The maximum atomic E-state index is 3.69. The lowest BCUT2D eigenvalue weighted by Crippen LogP contribution is -2.64. The second-order valence-corrected chi connectivity index (χ2v) is 6.80. The Morgan fingerprint density at radius 3 is 2.22 bits per heavy atom. The molecule has 0 radical (unpaired) electrons. The molecule has 2 nitrogen and oxygen atoms in total. The summed E-state index contributed by atoms with van der Waals surface area (Å²) in [7, 11) is 0. The second kappa shape index (κ2) is 5.92. The first kappa shape index (κ1) is 12.9. The molecule has 0 unspecified atom stereocenters. The van der Waals surface area contributed by atoms with Crippen molar-refractivity contribution in [2.24, 2.45) is 0 Å². The highest BCUT2D eigenvalue weighted by Gasteiger charge is 2.42. The summed E-state index contributed by atoms with van der Waals surface area (Å²) < 4.78 is 0. The lowest BCUT2D eigenvalue weighted by atomic mass is 9.77. The van der Waals surface area contributed by atoms with Crippen molar-refractivity contribution in [3.8, 4) is 0 Å². The van der Waals surface area contributed by atoms with Gasteiger partial charge in [0.2, 0.25) is 0 Å². The predicted molar refractivity (Wildman–Crippen MR) is 76.9 cm³/mol. The maximum Gasteiger partial charge on any atom is 0.0337 e. The number of hydrogen-bond donors (Lipinski definition) is 1. The van der Waals surface area contributed by atoms with Gasteiger partial charge in [0.25, 0.3) is 0 Å². The molecule has 3 fully saturated rings. The average molecular weight is 250 g/mol. The first-order chi connectivity index (χ1) is 8.91. The van der Waals surface area contributed by atoms with Crippen molar-refractivity contribution in [2.45, 2.75) is 82.2 Å². The van der Waals surface area contributed by atoms with E-state index in [2.05, 4.69) is 10.2 Å². The van der Waals surface area contributed by atoms with Gasteiger partial charge in [-0.1, -0.05) is 44.9 Å². The van der Waals surface area contributed by atoms with Crippen LogP contribution < -0.4 is 5.32 Å². The molecule has 2 saturated carbocycles. The van der Waals surface area contributed by atoms with Gasteiger partial charge >= 0.3 is 0 Å². The normalized spacial score (nSPS) is 31.3. The van der Waals surface area contributed by atoms with E-state index in [1.807, 2.05) is 0 Å². The minimum absolute atomic E-state index is 0.547. The molecule has 2 aliphatic carbocycles. The molecule has 0 aromatic heterocycles. The van der Waals surface area contributed by atoms with Crippen LogP contribution in [0.15, 0.2) is 0 Å². The van der Waals surface area contributed by atoms with Crippen LogP contribution in [0.2, 0.25) is 0 Å². The van der Waals surface area contributed by atoms with Gasteiger partial charge in [0.15, 0.2) is 0 Å². The number of nitrogens with one attached hydrogen (secondary N) is 1. The summed E-state index contributed by atoms with van der Waals surface area (Å²) >= 11 is 0. The van der Waals surface area contributed by atoms with Crippen molar-refractivity contribution in [3.05, 3.63) is 0 Å². The molecule has 0 bridgehead atoms. The Morgan fingerprint density at radius 1 is 0.833 bits per heavy atom. The van der Waals surface area contributed by atoms with Crippen LogP contribution in [-0.4, -0.2) is 36.1 Å². The number of rotatable bonds is 1. The highest BCUT2D eigenvalue weighted by atomic mass is 15.3. The maximum absolute atomic E-state index is 3.69. The third-order valence-corrected chi connectivity index (χ3v) is 5.64. The molecule has 0 aromatic carbocycles. The summed E-state index contributed by atoms with van der Waals surface area (Å²) in [5, 5.41) is 3.69. The molecule has 3 rings (SSSR count). The van der Waals surface area contributed by atoms with Gasteiger partial charge in [-0.05, 0) is 25.7 Å². The monoisotopic (exact) mass is 250 g/mol. The Kier molecular flexibility index (Phi) is 4.25. The minimum atomic E-state index is 0.547. The predicted octanol–water partition coefficient (Wildman–Crippen LogP) is 3.32. The Labute approximate surface area is 113 Å². The fourth-order valence-electron chi connectivity index (χ4n) is 4.67. The zero-order valence-electron chi connectivity index (χ0n) is 11.9. The Balaban J connectivity index is 1.73. The molecule has 1 heterocycles. The summed E-state index contributed by atoms with van der Waals surface area (Å²) in [5.74, 6) is 0. The highest BCUT2D eigenvalue weighted by molar-refractivity contribution is 5.00. The van der Waals surface area contributed by atoms with Crippen LogP contribution in [0.5, 0.6) is 0 Å². The van der Waals surface area contributed by atoms with E-state index in [0.717, 1.165) is 6.04 Å². The van der Waals surface area contributed by atoms with Gasteiger partial charge < -0.3 is 5.32 Å². The smallest absolute Gasteiger partial charge is 0.0337 e. The van der Waals surface area contributed by atoms with Gasteiger partial charge in [0.1, 0.15) is 0 Å². The van der Waals surface area contributed by atoms with Crippen LogP contribution in [0.1, 0.15) is 70.6 Å². The van der Waals surface area contributed by atoms with Gasteiger partial charge in [-0.3, -0.25) is 4.90 Å². The molecule has 1 N–H and O–H groups in total. The second-order valence-electron chi connectivity index (χ2n) is 6.80. The topological polar surface area (TPSA) is 15.3 Å². The first-order valence-electron chi connectivity index (χ1n) is 8.38. The van der Waals surface area contributed by atoms with E-state index in [4.69, 9.17) is 0 Å². The molecule has 1 saturated heterocycles. The first-order valence-corrected chi connectivity index (χ1v) is 8.38. The molecule has 0 atom stereocenters. The molecule has 0 amide bonds. The summed E-state index contributed by atoms with van der Waals surface area (Å²) in [4.78, 5) is 2.97. The summed E-state index contributed by atoms with van der Waals surface area (Å²) in [6, 6.07) is 0.910. The summed E-state index contributed by atoms with van der Waals surface area (Å²) in [6.07, 6.45) is 16.2. The van der Waals surface area contributed by atoms with Crippen molar-refractivity contribution < 1.29 is 0 Å². The van der Waals surface area contributed by atoms with E-state index in [1.54, 1.807) is 0 Å². The standard InChI is InChI=1S/C16H30N2/c1-2-5-9-15(8-4-1)18-13-12-17-14-16(18)10-6-3-7-11-16/h15,17H,1-14H2. The fourth-order valence-corrected chi connectivity index (χ4v) is 4.67. The fraction of sp³-hybridized carbons (Fsp3) is 1.00. The van der Waals surface area contributed by atoms with E-state index in [0.29, 0.717) is 5.54 Å².